The third-order valence-electron chi connectivity index (χ3n) is 6.43. The van der Waals surface area contributed by atoms with Gasteiger partial charge < -0.3 is 8.98 Å². The molecule has 5 nitrogen and oxygen atoms in total. The first kappa shape index (κ1) is 28.7. The molecule has 1 aliphatic carbocycles. The van der Waals surface area contributed by atoms with E-state index in [2.05, 4.69) is 14.7 Å². The third kappa shape index (κ3) is 6.28. The van der Waals surface area contributed by atoms with Crippen molar-refractivity contribution >= 4 is 17.3 Å². The van der Waals surface area contributed by atoms with Crippen LogP contribution in [0.15, 0.2) is 76.2 Å². The molecule has 1 atom stereocenters. The van der Waals surface area contributed by atoms with Gasteiger partial charge in [-0.1, -0.05) is 36.4 Å². The molecule has 5 rings (SSSR count). The van der Waals surface area contributed by atoms with Gasteiger partial charge in [-0.3, -0.25) is 4.74 Å². The highest BCUT2D eigenvalue weighted by molar-refractivity contribution is 7.98. The summed E-state index contributed by atoms with van der Waals surface area (Å²) in [5.41, 5.74) is 2.26. The van der Waals surface area contributed by atoms with E-state index in [-0.39, 0.29) is 23.9 Å². The molecule has 2 aromatic carbocycles. The second-order valence-electron chi connectivity index (χ2n) is 9.27. The summed E-state index contributed by atoms with van der Waals surface area (Å²) in [5.74, 6) is 0.641. The van der Waals surface area contributed by atoms with Gasteiger partial charge in [0.2, 0.25) is 0 Å². The molecule has 1 aliphatic rings. The number of nitrogens with zero attached hydrogens (tertiary/aromatic N) is 3. The Morgan fingerprint density at radius 3 is 2.39 bits per heavy atom. The topological polar surface area (TPSA) is 53.1 Å². The van der Waals surface area contributed by atoms with Crippen LogP contribution in [0, 0.1) is 13.8 Å². The van der Waals surface area contributed by atoms with Crippen molar-refractivity contribution in [2.24, 2.45) is 0 Å². The van der Waals surface area contributed by atoms with Crippen molar-refractivity contribution in [1.29, 1.82) is 0 Å². The highest BCUT2D eigenvalue weighted by atomic mass is 32.2. The number of hydrogen-bond acceptors (Lipinski definition) is 5. The highest BCUT2D eigenvalue weighted by Crippen LogP contribution is 2.40. The number of ether oxygens (including phenoxy) is 1. The van der Waals surface area contributed by atoms with Crippen LogP contribution in [0.4, 0.5) is 26.3 Å². The van der Waals surface area contributed by atoms with Gasteiger partial charge in [-0.2, -0.15) is 13.2 Å². The van der Waals surface area contributed by atoms with E-state index in [1.807, 2.05) is 30.5 Å². The number of hydrogen-bond donors (Lipinski definition) is 0. The zero-order valence-electron chi connectivity index (χ0n) is 22.0. The molecule has 2 heterocycles. The van der Waals surface area contributed by atoms with E-state index in [0.717, 1.165) is 22.2 Å². The Bertz CT molecular complexity index is 1650. The molecule has 0 spiro atoms. The average Bonchev–Trinajstić information content (AvgIpc) is 3.50. The summed E-state index contributed by atoms with van der Waals surface area (Å²) < 4.78 is 90.1. The van der Waals surface area contributed by atoms with E-state index in [9.17, 15) is 26.3 Å². The summed E-state index contributed by atoms with van der Waals surface area (Å²) in [6.07, 6.45) is -3.48. The van der Waals surface area contributed by atoms with Crippen LogP contribution in [0.25, 0.3) is 33.7 Å². The maximum absolute atomic E-state index is 13.5. The predicted octanol–water partition coefficient (Wildman–Crippen LogP) is 8.80. The van der Waals surface area contributed by atoms with Crippen LogP contribution in [-0.4, -0.2) is 33.3 Å². The lowest BCUT2D eigenvalue weighted by Gasteiger charge is -2.18. The molecule has 0 saturated heterocycles. The molecule has 0 radical (unpaired) electrons. The Morgan fingerprint density at radius 1 is 1.00 bits per heavy atom. The Balaban J connectivity index is 1.66. The largest absolute Gasteiger partial charge is 0.523 e. The molecule has 12 heteroatoms. The van der Waals surface area contributed by atoms with Crippen LogP contribution in [0.2, 0.25) is 0 Å². The van der Waals surface area contributed by atoms with E-state index >= 15 is 0 Å². The lowest BCUT2D eigenvalue weighted by Crippen LogP contribution is -2.22. The average molecular weight is 592 g/mol. The number of benzene rings is 2. The van der Waals surface area contributed by atoms with Gasteiger partial charge in [0.15, 0.2) is 17.3 Å². The van der Waals surface area contributed by atoms with Crippen molar-refractivity contribution in [1.82, 2.24) is 14.5 Å². The van der Waals surface area contributed by atoms with Crippen molar-refractivity contribution in [3.05, 3.63) is 90.0 Å². The summed E-state index contributed by atoms with van der Waals surface area (Å²) >= 11 is 1.57. The van der Waals surface area contributed by atoms with Crippen LogP contribution in [0.3, 0.4) is 0 Å². The lowest BCUT2D eigenvalue weighted by molar-refractivity contribution is -0.335. The van der Waals surface area contributed by atoms with Crippen molar-refractivity contribution in [2.75, 3.05) is 6.26 Å². The van der Waals surface area contributed by atoms with Gasteiger partial charge in [0.05, 0.1) is 11.8 Å². The van der Waals surface area contributed by atoms with Gasteiger partial charge >= 0.3 is 12.5 Å². The first-order valence-corrected chi connectivity index (χ1v) is 13.6. The van der Waals surface area contributed by atoms with Gasteiger partial charge in [0, 0.05) is 29.2 Å². The van der Waals surface area contributed by atoms with E-state index in [0.29, 0.717) is 22.5 Å². The number of thioether (sulfide) groups is 1. The molecule has 214 valence electrons. The van der Waals surface area contributed by atoms with Crippen molar-refractivity contribution in [2.45, 2.75) is 43.8 Å². The lowest BCUT2D eigenvalue weighted by atomic mass is 9.96. The van der Waals surface area contributed by atoms with Crippen LogP contribution in [0.5, 0.6) is 0 Å². The Hall–Kier alpha value is -3.77. The predicted molar refractivity (Wildman–Crippen MR) is 143 cm³/mol. The van der Waals surface area contributed by atoms with Gasteiger partial charge in [-0.25, -0.2) is 9.97 Å². The molecule has 0 fully saturated rings. The van der Waals surface area contributed by atoms with Crippen LogP contribution >= 0.6 is 11.8 Å². The smallest absolute Gasteiger partial charge is 0.440 e. The van der Waals surface area contributed by atoms with Gasteiger partial charge in [-0.05, 0) is 55.0 Å². The van der Waals surface area contributed by atoms with E-state index in [1.165, 1.54) is 23.6 Å². The standard InChI is InChI=1S/C29H23F6N3O2S/c1-16-36-25(28(30,31)32)15-38(16)24-12-9-20(19-5-4-6-22(13-19)41-3)14-23(24)27-26(37-17(2)39-27)18-7-10-21(11-8-18)40-29(33,34)35/h4-10,12-15,21H,11H2,1-3H3. The summed E-state index contributed by atoms with van der Waals surface area (Å²) in [6, 6.07) is 13.1. The number of rotatable bonds is 6. The second kappa shape index (κ2) is 10.9. The molecule has 0 N–H and O–H groups in total. The van der Waals surface area contributed by atoms with E-state index in [4.69, 9.17) is 4.42 Å². The summed E-state index contributed by atoms with van der Waals surface area (Å²) in [4.78, 5) is 9.22. The highest BCUT2D eigenvalue weighted by Gasteiger charge is 2.35. The molecule has 0 saturated carbocycles. The number of oxazole rings is 1. The molecule has 0 aliphatic heterocycles. The minimum atomic E-state index is -4.78. The first-order chi connectivity index (χ1) is 19.3. The normalized spacial score (nSPS) is 15.8. The van der Waals surface area contributed by atoms with E-state index < -0.39 is 24.3 Å². The maximum Gasteiger partial charge on any atom is 0.523 e. The number of imidazole rings is 1. The molecule has 41 heavy (non-hydrogen) atoms. The summed E-state index contributed by atoms with van der Waals surface area (Å²) in [7, 11) is 0. The zero-order valence-corrected chi connectivity index (χ0v) is 22.8. The molecular weight excluding hydrogens is 568 g/mol. The molecule has 2 aromatic heterocycles. The molecule has 0 amide bonds. The fourth-order valence-electron chi connectivity index (χ4n) is 4.60. The van der Waals surface area contributed by atoms with Crippen molar-refractivity contribution < 1.29 is 35.5 Å². The number of allylic oxidation sites excluding steroid dienone is 2. The summed E-state index contributed by atoms with van der Waals surface area (Å²) in [6.45, 7) is 3.08. The van der Waals surface area contributed by atoms with Crippen molar-refractivity contribution in [3.8, 4) is 28.1 Å². The third-order valence-corrected chi connectivity index (χ3v) is 7.15. The molecule has 0 bridgehead atoms. The first-order valence-electron chi connectivity index (χ1n) is 12.4. The van der Waals surface area contributed by atoms with Crippen LogP contribution in [-0.2, 0) is 10.9 Å². The zero-order chi connectivity index (χ0) is 29.5. The van der Waals surface area contributed by atoms with Crippen LogP contribution < -0.4 is 0 Å². The van der Waals surface area contributed by atoms with Gasteiger partial charge in [-0.15, -0.1) is 24.9 Å². The Morgan fingerprint density at radius 2 is 1.76 bits per heavy atom. The Labute approximate surface area is 235 Å². The second-order valence-corrected chi connectivity index (χ2v) is 10.2. The minimum Gasteiger partial charge on any atom is -0.440 e. The van der Waals surface area contributed by atoms with Gasteiger partial charge in [0.25, 0.3) is 0 Å². The molecular formula is C29H23F6N3O2S. The summed E-state index contributed by atoms with van der Waals surface area (Å²) in [5, 5.41) is 0. The van der Waals surface area contributed by atoms with Crippen LogP contribution in [0.1, 0.15) is 29.5 Å². The fourth-order valence-corrected chi connectivity index (χ4v) is 5.06. The molecule has 1 unspecified atom stereocenters. The SMILES string of the molecule is CSc1cccc(-c2ccc(-n3cc(C(F)(F)F)nc3C)c(-c3oc(C)nc3C3=CCC(OC(F)(F)F)C=C3)c2)c1. The van der Waals surface area contributed by atoms with E-state index in [1.54, 1.807) is 43.0 Å². The maximum atomic E-state index is 13.5. The van der Waals surface area contributed by atoms with Crippen molar-refractivity contribution in [3.63, 3.8) is 0 Å². The number of aryl methyl sites for hydroxylation is 2. The minimum absolute atomic E-state index is 0.0549. The monoisotopic (exact) mass is 591 g/mol. The number of aromatic nitrogens is 3. The fraction of sp³-hybridized carbons (Fsp3) is 0.241. The quantitative estimate of drug-likeness (QED) is 0.166. The van der Waals surface area contributed by atoms with Gasteiger partial charge in [0.1, 0.15) is 11.5 Å². The Kier molecular flexibility index (Phi) is 7.64. The number of halogens is 6. The number of alkyl halides is 6. The molecule has 4 aromatic rings.